The Kier molecular flexibility index (Phi) is 9.09. The third-order valence-electron chi connectivity index (χ3n) is 8.96. The molecule has 0 aliphatic carbocycles. The van der Waals surface area contributed by atoms with E-state index in [9.17, 15) is 14.0 Å². The summed E-state index contributed by atoms with van der Waals surface area (Å²) >= 11 is 12.3. The molecule has 43 heavy (non-hydrogen) atoms. The predicted octanol–water partition coefficient (Wildman–Crippen LogP) is 5.75. The van der Waals surface area contributed by atoms with Crippen molar-refractivity contribution in [3.63, 3.8) is 0 Å². The lowest BCUT2D eigenvalue weighted by molar-refractivity contribution is -0.130. The van der Waals surface area contributed by atoms with Crippen LogP contribution in [0, 0.1) is 17.5 Å². The number of amides is 2. The van der Waals surface area contributed by atoms with Gasteiger partial charge in [-0.25, -0.2) is 13.2 Å². The molecule has 2 saturated heterocycles. The SMILES string of the molecule is CC(=O)N1CCC(NC(=O)C2C(c3cccc(Cl)c3F)C(N)(c3ccc(Cl)cc3F)C(C)N2Cc2ccccc2F)CC1. The number of carbonyl (C=O) groups is 2. The molecule has 3 N–H and O–H groups in total. The van der Waals surface area contributed by atoms with E-state index in [0.717, 1.165) is 6.07 Å². The van der Waals surface area contributed by atoms with E-state index in [4.69, 9.17) is 28.9 Å². The number of halogens is 5. The number of carbonyl (C=O) groups excluding carboxylic acids is 2. The van der Waals surface area contributed by atoms with Crippen molar-refractivity contribution in [2.75, 3.05) is 13.1 Å². The smallest absolute Gasteiger partial charge is 0.238 e. The molecule has 0 spiro atoms. The maximum atomic E-state index is 15.9. The molecule has 2 heterocycles. The summed E-state index contributed by atoms with van der Waals surface area (Å²) in [6.07, 6.45) is 1.05. The van der Waals surface area contributed by atoms with E-state index < -0.39 is 46.9 Å². The van der Waals surface area contributed by atoms with Crippen LogP contribution in [0.25, 0.3) is 0 Å². The van der Waals surface area contributed by atoms with E-state index in [1.807, 2.05) is 0 Å². The summed E-state index contributed by atoms with van der Waals surface area (Å²) in [5.41, 5.74) is 5.92. The van der Waals surface area contributed by atoms with Crippen LogP contribution in [0.15, 0.2) is 60.7 Å². The molecular formula is C32H33Cl2F3N4O2. The second kappa shape index (κ2) is 12.5. The minimum absolute atomic E-state index is 0.0392. The first-order valence-electron chi connectivity index (χ1n) is 14.2. The number of nitrogens with zero attached hydrogens (tertiary/aromatic N) is 2. The van der Waals surface area contributed by atoms with Crippen LogP contribution < -0.4 is 11.1 Å². The third kappa shape index (κ3) is 5.88. The second-order valence-electron chi connectivity index (χ2n) is 11.4. The van der Waals surface area contributed by atoms with Gasteiger partial charge in [-0.3, -0.25) is 14.5 Å². The van der Waals surface area contributed by atoms with Gasteiger partial charge in [-0.2, -0.15) is 0 Å². The lowest BCUT2D eigenvalue weighted by Crippen LogP contribution is -2.52. The number of rotatable bonds is 6. The molecule has 0 aromatic heterocycles. The van der Waals surface area contributed by atoms with Crippen LogP contribution in [0.3, 0.4) is 0 Å². The van der Waals surface area contributed by atoms with Gasteiger partial charge >= 0.3 is 0 Å². The summed E-state index contributed by atoms with van der Waals surface area (Å²) in [4.78, 5) is 29.6. The molecule has 5 rings (SSSR count). The molecule has 2 aliphatic rings. The lowest BCUT2D eigenvalue weighted by Gasteiger charge is -2.37. The zero-order chi connectivity index (χ0) is 31.1. The lowest BCUT2D eigenvalue weighted by atomic mass is 9.71. The average molecular weight is 634 g/mol. The van der Waals surface area contributed by atoms with Crippen LogP contribution in [0.5, 0.6) is 0 Å². The molecule has 11 heteroatoms. The van der Waals surface area contributed by atoms with Crippen molar-refractivity contribution in [1.29, 1.82) is 0 Å². The fraction of sp³-hybridized carbons (Fsp3) is 0.375. The largest absolute Gasteiger partial charge is 0.352 e. The Hall–Kier alpha value is -3.11. The molecule has 3 aromatic rings. The fourth-order valence-electron chi connectivity index (χ4n) is 6.63. The van der Waals surface area contributed by atoms with Gasteiger partial charge in [0.1, 0.15) is 17.5 Å². The maximum absolute atomic E-state index is 15.9. The number of piperidine rings is 1. The summed E-state index contributed by atoms with van der Waals surface area (Å²) in [5, 5.41) is 3.05. The molecule has 0 saturated carbocycles. The molecule has 4 atom stereocenters. The van der Waals surface area contributed by atoms with E-state index in [2.05, 4.69) is 5.32 Å². The number of nitrogens with two attached hydrogens (primary N) is 1. The van der Waals surface area contributed by atoms with Crippen molar-refractivity contribution in [1.82, 2.24) is 15.1 Å². The van der Waals surface area contributed by atoms with Crippen LogP contribution in [0.1, 0.15) is 49.3 Å². The third-order valence-corrected chi connectivity index (χ3v) is 9.48. The van der Waals surface area contributed by atoms with Gasteiger partial charge in [-0.15, -0.1) is 0 Å². The molecule has 0 radical (unpaired) electrons. The summed E-state index contributed by atoms with van der Waals surface area (Å²) in [6, 6.07) is 12.4. The Morgan fingerprint density at radius 1 is 1.00 bits per heavy atom. The first-order chi connectivity index (χ1) is 20.4. The summed E-state index contributed by atoms with van der Waals surface area (Å²) in [5.74, 6) is -3.61. The summed E-state index contributed by atoms with van der Waals surface area (Å²) in [6.45, 7) is 4.12. The van der Waals surface area contributed by atoms with Gasteiger partial charge in [0.25, 0.3) is 0 Å². The first-order valence-corrected chi connectivity index (χ1v) is 14.9. The van der Waals surface area contributed by atoms with Gasteiger partial charge in [-0.1, -0.05) is 59.6 Å². The van der Waals surface area contributed by atoms with E-state index in [-0.39, 0.29) is 39.7 Å². The first kappa shape index (κ1) is 31.3. The second-order valence-corrected chi connectivity index (χ2v) is 12.2. The van der Waals surface area contributed by atoms with Crippen LogP contribution in [0.4, 0.5) is 13.2 Å². The Labute approximate surface area is 258 Å². The number of likely N-dealkylation sites (tertiary alicyclic amines) is 2. The van der Waals surface area contributed by atoms with Gasteiger partial charge in [-0.05, 0) is 49.6 Å². The normalized spacial score (nSPS) is 24.7. The van der Waals surface area contributed by atoms with Crippen LogP contribution in [0.2, 0.25) is 10.0 Å². The number of hydrogen-bond acceptors (Lipinski definition) is 4. The number of hydrogen-bond donors (Lipinski definition) is 2. The Balaban J connectivity index is 1.65. The van der Waals surface area contributed by atoms with Crippen LogP contribution >= 0.6 is 23.2 Å². The topological polar surface area (TPSA) is 78.7 Å². The Morgan fingerprint density at radius 2 is 1.70 bits per heavy atom. The van der Waals surface area contributed by atoms with Crippen molar-refractivity contribution < 1.29 is 22.8 Å². The number of benzene rings is 3. The molecule has 2 aliphatic heterocycles. The van der Waals surface area contributed by atoms with Gasteiger partial charge in [0, 0.05) is 60.7 Å². The van der Waals surface area contributed by atoms with Crippen LogP contribution in [-0.2, 0) is 21.7 Å². The minimum atomic E-state index is -1.68. The highest BCUT2D eigenvalue weighted by atomic mass is 35.5. The maximum Gasteiger partial charge on any atom is 0.238 e. The van der Waals surface area contributed by atoms with E-state index >= 15 is 8.78 Å². The van der Waals surface area contributed by atoms with Gasteiger partial charge in [0.05, 0.1) is 16.6 Å². The molecular weight excluding hydrogens is 600 g/mol. The summed E-state index contributed by atoms with van der Waals surface area (Å²) < 4.78 is 46.6. The molecule has 2 amide bonds. The zero-order valence-corrected chi connectivity index (χ0v) is 25.3. The standard InChI is InChI=1S/C32H33Cl2F3N4O2/c1-18-32(38,24-11-10-21(33)16-27(24)36)28(23-7-5-8-25(34)29(23)37)30(41(18)17-20-6-3-4-9-26(20)35)31(43)39-22-12-14-40(15-13-22)19(2)42/h3-11,16,18,22,28,30H,12-15,17,38H2,1-2H3,(H,39,43). The minimum Gasteiger partial charge on any atom is -0.352 e. The molecule has 0 bridgehead atoms. The highest BCUT2D eigenvalue weighted by Crippen LogP contribution is 2.52. The van der Waals surface area contributed by atoms with E-state index in [0.29, 0.717) is 31.5 Å². The monoisotopic (exact) mass is 632 g/mol. The molecule has 3 aromatic carbocycles. The van der Waals surface area contributed by atoms with Gasteiger partial charge in [0.15, 0.2) is 0 Å². The van der Waals surface area contributed by atoms with Gasteiger partial charge in [0.2, 0.25) is 11.8 Å². The zero-order valence-electron chi connectivity index (χ0n) is 23.8. The highest BCUT2D eigenvalue weighted by Gasteiger charge is 2.60. The van der Waals surface area contributed by atoms with Gasteiger partial charge < -0.3 is 16.0 Å². The molecule has 228 valence electrons. The Bertz CT molecular complexity index is 1530. The van der Waals surface area contributed by atoms with E-state index in [1.165, 1.54) is 37.3 Å². The molecule has 4 unspecified atom stereocenters. The Morgan fingerprint density at radius 3 is 2.35 bits per heavy atom. The van der Waals surface area contributed by atoms with Crippen molar-refractivity contribution >= 4 is 35.0 Å². The van der Waals surface area contributed by atoms with Crippen molar-refractivity contribution in [3.05, 3.63) is 105 Å². The molecule has 6 nitrogen and oxygen atoms in total. The average Bonchev–Trinajstić information content (AvgIpc) is 3.18. The summed E-state index contributed by atoms with van der Waals surface area (Å²) in [7, 11) is 0. The van der Waals surface area contributed by atoms with Crippen molar-refractivity contribution in [2.24, 2.45) is 5.73 Å². The highest BCUT2D eigenvalue weighted by molar-refractivity contribution is 6.31. The predicted molar refractivity (Wildman–Crippen MR) is 160 cm³/mol. The number of nitrogens with one attached hydrogen (secondary N) is 1. The fourth-order valence-corrected chi connectivity index (χ4v) is 6.98. The quantitative estimate of drug-likeness (QED) is 0.363. The van der Waals surface area contributed by atoms with E-state index in [1.54, 1.807) is 41.0 Å². The molecule has 2 fully saturated rings. The van der Waals surface area contributed by atoms with Crippen LogP contribution in [-0.4, -0.2) is 52.8 Å². The van der Waals surface area contributed by atoms with Crippen molar-refractivity contribution in [3.8, 4) is 0 Å². The van der Waals surface area contributed by atoms with Crippen molar-refractivity contribution in [2.45, 2.75) is 62.8 Å².